The first-order valence-corrected chi connectivity index (χ1v) is 8.80. The van der Waals surface area contributed by atoms with Crippen molar-refractivity contribution in [2.45, 2.75) is 19.6 Å². The van der Waals surface area contributed by atoms with Gasteiger partial charge >= 0.3 is 5.97 Å². The van der Waals surface area contributed by atoms with Crippen molar-refractivity contribution in [2.75, 3.05) is 20.1 Å². The molecule has 11 heteroatoms. The van der Waals surface area contributed by atoms with E-state index >= 15 is 0 Å². The molecule has 0 fully saturated rings. The SMILES string of the molecule is COc1cc2[nH]c(=O)c3nn(COC(=O)CCCCl)nc3c(=O)c2cc1OC. The summed E-state index contributed by atoms with van der Waals surface area (Å²) in [4.78, 5) is 40.6. The van der Waals surface area contributed by atoms with Crippen molar-refractivity contribution in [3.8, 4) is 11.5 Å². The van der Waals surface area contributed by atoms with E-state index in [1.807, 2.05) is 0 Å². The highest BCUT2D eigenvalue weighted by molar-refractivity contribution is 6.17. The van der Waals surface area contributed by atoms with Gasteiger partial charge in [-0.25, -0.2) is 0 Å². The van der Waals surface area contributed by atoms with Crippen LogP contribution in [0.4, 0.5) is 0 Å². The first-order valence-electron chi connectivity index (χ1n) is 8.27. The number of benzene rings is 1. The van der Waals surface area contributed by atoms with E-state index in [1.54, 1.807) is 0 Å². The predicted molar refractivity (Wildman–Crippen MR) is 101 cm³/mol. The molecule has 0 atom stereocenters. The number of aromatic amines is 1. The fourth-order valence-corrected chi connectivity index (χ4v) is 2.74. The van der Waals surface area contributed by atoms with E-state index < -0.39 is 17.0 Å². The fraction of sp³-hybridized carbons (Fsp3) is 0.353. The van der Waals surface area contributed by atoms with Crippen LogP contribution in [0.3, 0.4) is 0 Å². The first-order chi connectivity index (χ1) is 13.5. The second-order valence-corrected chi connectivity index (χ2v) is 6.12. The Morgan fingerprint density at radius 2 is 1.82 bits per heavy atom. The Hall–Kier alpha value is -3.14. The largest absolute Gasteiger partial charge is 0.493 e. The molecule has 3 aromatic rings. The molecule has 0 aliphatic carbocycles. The third kappa shape index (κ3) is 3.77. The number of nitrogens with zero attached hydrogens (tertiary/aromatic N) is 3. The summed E-state index contributed by atoms with van der Waals surface area (Å²) in [5.74, 6) is 0.543. The first kappa shape index (κ1) is 19.6. The minimum atomic E-state index is -0.617. The predicted octanol–water partition coefficient (Wildman–Crippen LogP) is 1.17. The Morgan fingerprint density at radius 3 is 2.50 bits per heavy atom. The van der Waals surface area contributed by atoms with Crippen LogP contribution in [0.2, 0.25) is 0 Å². The van der Waals surface area contributed by atoms with Crippen molar-refractivity contribution in [1.82, 2.24) is 20.0 Å². The third-order valence-corrected chi connectivity index (χ3v) is 4.22. The van der Waals surface area contributed by atoms with Crippen LogP contribution in [0.25, 0.3) is 21.9 Å². The molecule has 0 aliphatic rings. The molecule has 1 aromatic carbocycles. The van der Waals surface area contributed by atoms with Gasteiger partial charge in [-0.05, 0) is 12.5 Å². The standard InChI is InChI=1S/C17H17ClN4O6/c1-26-11-6-9-10(7-12(11)27-2)19-17(25)15-14(16(9)24)20-22(21-15)8-28-13(23)4-3-5-18/h6-7H,3-5,8H2,1-2H3,(H,19,25). The van der Waals surface area contributed by atoms with E-state index in [4.69, 9.17) is 25.8 Å². The van der Waals surface area contributed by atoms with Gasteiger partial charge < -0.3 is 19.2 Å². The molecule has 0 amide bonds. The van der Waals surface area contributed by atoms with Crippen LogP contribution in [0.15, 0.2) is 21.7 Å². The number of carbonyl (C=O) groups is 1. The summed E-state index contributed by atoms with van der Waals surface area (Å²) in [5, 5.41) is 8.16. The van der Waals surface area contributed by atoms with Crippen LogP contribution >= 0.6 is 11.6 Å². The normalized spacial score (nSPS) is 11.0. The maximum absolute atomic E-state index is 12.9. The second kappa shape index (κ2) is 8.26. The van der Waals surface area contributed by atoms with Gasteiger partial charge in [0.05, 0.1) is 25.1 Å². The number of hydrogen-bond acceptors (Lipinski definition) is 8. The highest BCUT2D eigenvalue weighted by atomic mass is 35.5. The summed E-state index contributed by atoms with van der Waals surface area (Å²) in [6.07, 6.45) is 0.630. The number of ether oxygens (including phenoxy) is 3. The molecule has 148 valence electrons. The zero-order chi connectivity index (χ0) is 20.3. The summed E-state index contributed by atoms with van der Waals surface area (Å²) < 4.78 is 15.4. The van der Waals surface area contributed by atoms with Gasteiger partial charge in [-0.2, -0.15) is 0 Å². The maximum Gasteiger partial charge on any atom is 0.307 e. The molecule has 10 nitrogen and oxygen atoms in total. The molecule has 0 saturated heterocycles. The van der Waals surface area contributed by atoms with Crippen LogP contribution < -0.4 is 20.5 Å². The number of H-pyrrole nitrogens is 1. The molecule has 2 heterocycles. The van der Waals surface area contributed by atoms with Gasteiger partial charge in [0.2, 0.25) is 12.2 Å². The lowest BCUT2D eigenvalue weighted by atomic mass is 10.2. The summed E-state index contributed by atoms with van der Waals surface area (Å²) in [5.41, 5.74) is -1.21. The van der Waals surface area contributed by atoms with Crippen LogP contribution in [0.5, 0.6) is 11.5 Å². The molecule has 0 bridgehead atoms. The molecule has 0 unspecified atom stereocenters. The Balaban J connectivity index is 2.08. The summed E-state index contributed by atoms with van der Waals surface area (Å²) in [6.45, 7) is -0.326. The number of nitrogens with one attached hydrogen (secondary N) is 1. The van der Waals surface area contributed by atoms with Gasteiger partial charge in [-0.3, -0.25) is 14.4 Å². The van der Waals surface area contributed by atoms with Gasteiger partial charge in [0.15, 0.2) is 22.5 Å². The molecule has 0 spiro atoms. The average Bonchev–Trinajstić information content (AvgIpc) is 3.10. The molecule has 0 radical (unpaired) electrons. The minimum Gasteiger partial charge on any atom is -0.493 e. The van der Waals surface area contributed by atoms with Gasteiger partial charge in [0, 0.05) is 18.4 Å². The molecular weight excluding hydrogens is 392 g/mol. The van der Waals surface area contributed by atoms with Crippen LogP contribution in [0.1, 0.15) is 12.8 Å². The summed E-state index contributed by atoms with van der Waals surface area (Å²) >= 11 is 5.52. The van der Waals surface area contributed by atoms with E-state index in [0.717, 1.165) is 4.80 Å². The summed E-state index contributed by atoms with van der Waals surface area (Å²) in [6, 6.07) is 2.94. The highest BCUT2D eigenvalue weighted by Crippen LogP contribution is 2.29. The number of methoxy groups -OCH3 is 2. The number of alkyl halides is 1. The Kier molecular flexibility index (Phi) is 5.78. The van der Waals surface area contributed by atoms with E-state index in [-0.39, 0.29) is 35.1 Å². The quantitative estimate of drug-likeness (QED) is 0.456. The van der Waals surface area contributed by atoms with Crippen LogP contribution in [-0.4, -0.2) is 46.0 Å². The molecule has 0 aliphatic heterocycles. The zero-order valence-corrected chi connectivity index (χ0v) is 15.9. The van der Waals surface area contributed by atoms with E-state index in [1.165, 1.54) is 26.4 Å². The number of hydrogen-bond donors (Lipinski definition) is 1. The fourth-order valence-electron chi connectivity index (χ4n) is 2.60. The average molecular weight is 409 g/mol. The number of fused-ring (bicyclic) bond motifs is 2. The lowest BCUT2D eigenvalue weighted by Crippen LogP contribution is -2.12. The Bertz CT molecular complexity index is 1160. The Labute approximate surface area is 163 Å². The number of aromatic nitrogens is 4. The van der Waals surface area contributed by atoms with E-state index in [2.05, 4.69) is 15.2 Å². The highest BCUT2D eigenvalue weighted by Gasteiger charge is 2.16. The number of rotatable bonds is 7. The van der Waals surface area contributed by atoms with Crippen molar-refractivity contribution in [3.63, 3.8) is 0 Å². The molecule has 2 aromatic heterocycles. The summed E-state index contributed by atoms with van der Waals surface area (Å²) in [7, 11) is 2.88. The molecule has 28 heavy (non-hydrogen) atoms. The second-order valence-electron chi connectivity index (χ2n) is 5.74. The number of halogens is 1. The van der Waals surface area contributed by atoms with Crippen LogP contribution in [0, 0.1) is 0 Å². The van der Waals surface area contributed by atoms with E-state index in [0.29, 0.717) is 23.8 Å². The van der Waals surface area contributed by atoms with Crippen molar-refractivity contribution < 1.29 is 19.0 Å². The van der Waals surface area contributed by atoms with Gasteiger partial charge in [-0.1, -0.05) is 0 Å². The van der Waals surface area contributed by atoms with Crippen molar-refractivity contribution >= 4 is 39.5 Å². The van der Waals surface area contributed by atoms with Gasteiger partial charge in [0.1, 0.15) is 0 Å². The van der Waals surface area contributed by atoms with Crippen molar-refractivity contribution in [3.05, 3.63) is 32.7 Å². The smallest absolute Gasteiger partial charge is 0.307 e. The molecule has 1 N–H and O–H groups in total. The number of esters is 1. The zero-order valence-electron chi connectivity index (χ0n) is 15.2. The van der Waals surface area contributed by atoms with Gasteiger partial charge in [0.25, 0.3) is 5.56 Å². The molecule has 0 saturated carbocycles. The molecule has 3 rings (SSSR count). The Morgan fingerprint density at radius 1 is 1.14 bits per heavy atom. The lowest BCUT2D eigenvalue weighted by molar-refractivity contribution is -0.148. The number of carbonyl (C=O) groups excluding carboxylic acids is 1. The van der Waals surface area contributed by atoms with Crippen LogP contribution in [-0.2, 0) is 16.3 Å². The molecular formula is C17H17ClN4O6. The van der Waals surface area contributed by atoms with Crippen molar-refractivity contribution in [2.24, 2.45) is 0 Å². The van der Waals surface area contributed by atoms with Gasteiger partial charge in [-0.15, -0.1) is 26.6 Å². The maximum atomic E-state index is 12.9. The topological polar surface area (TPSA) is 125 Å². The van der Waals surface area contributed by atoms with E-state index in [9.17, 15) is 14.4 Å². The monoisotopic (exact) mass is 408 g/mol. The lowest BCUT2D eigenvalue weighted by Gasteiger charge is -2.07. The third-order valence-electron chi connectivity index (χ3n) is 3.96. The minimum absolute atomic E-state index is 0.152. The van der Waals surface area contributed by atoms with Crippen molar-refractivity contribution in [1.29, 1.82) is 0 Å².